The highest BCUT2D eigenvalue weighted by Crippen LogP contribution is 2.26. The summed E-state index contributed by atoms with van der Waals surface area (Å²) in [5, 5.41) is 16.1. The molecule has 3 heterocycles. The molecule has 2 aromatic heterocycles. The van der Waals surface area contributed by atoms with Gasteiger partial charge in [0.1, 0.15) is 5.01 Å². The molecule has 6 heteroatoms. The van der Waals surface area contributed by atoms with Crippen molar-refractivity contribution < 1.29 is 9.90 Å². The minimum Gasteiger partial charge on any atom is -0.396 e. The van der Waals surface area contributed by atoms with E-state index in [4.69, 9.17) is 5.11 Å². The first kappa shape index (κ1) is 13.7. The highest BCUT2D eigenvalue weighted by atomic mass is 32.1. The lowest BCUT2D eigenvalue weighted by molar-refractivity contribution is -0.129. The zero-order valence-electron chi connectivity index (χ0n) is 11.0. The van der Waals surface area contributed by atoms with Crippen molar-refractivity contribution >= 4 is 28.6 Å². The predicted molar refractivity (Wildman–Crippen MR) is 80.9 cm³/mol. The van der Waals surface area contributed by atoms with Crippen LogP contribution in [0.1, 0.15) is 12.1 Å². The van der Waals surface area contributed by atoms with E-state index in [9.17, 15) is 4.79 Å². The fraction of sp³-hybridized carbons (Fsp3) is 0.429. The Morgan fingerprint density at radius 3 is 3.10 bits per heavy atom. The molecule has 0 aromatic carbocycles. The number of hydrogen-bond donors (Lipinski definition) is 1. The summed E-state index contributed by atoms with van der Waals surface area (Å²) in [6, 6.07) is 2.04. The van der Waals surface area contributed by atoms with Gasteiger partial charge in [0.25, 0.3) is 0 Å². The molecule has 0 bridgehead atoms. The van der Waals surface area contributed by atoms with Gasteiger partial charge in [-0.05, 0) is 17.9 Å². The van der Waals surface area contributed by atoms with Gasteiger partial charge < -0.3 is 10.0 Å². The van der Waals surface area contributed by atoms with Gasteiger partial charge in [-0.15, -0.1) is 11.3 Å². The van der Waals surface area contributed by atoms with Gasteiger partial charge in [0.2, 0.25) is 5.91 Å². The Hall–Kier alpha value is -1.24. The van der Waals surface area contributed by atoms with Crippen molar-refractivity contribution in [2.45, 2.75) is 12.8 Å². The monoisotopic (exact) mass is 308 g/mol. The first-order valence-corrected chi connectivity index (χ1v) is 8.44. The molecular weight excluding hydrogens is 292 g/mol. The maximum Gasteiger partial charge on any atom is 0.228 e. The molecule has 2 aromatic rings. The zero-order valence-corrected chi connectivity index (χ0v) is 12.6. The fourth-order valence-corrected chi connectivity index (χ4v) is 3.91. The maximum absolute atomic E-state index is 12.2. The Balaban J connectivity index is 1.62. The molecule has 1 fully saturated rings. The highest BCUT2D eigenvalue weighted by Gasteiger charge is 2.25. The molecule has 0 radical (unpaired) electrons. The SMILES string of the molecule is O=C(Cc1csc(-c2ccsc2)n1)N1CCC(CO)C1. The van der Waals surface area contributed by atoms with Crippen LogP contribution < -0.4 is 0 Å². The third-order valence-corrected chi connectivity index (χ3v) is 5.17. The molecule has 1 saturated heterocycles. The van der Waals surface area contributed by atoms with Gasteiger partial charge in [-0.2, -0.15) is 11.3 Å². The number of likely N-dealkylation sites (tertiary alicyclic amines) is 1. The highest BCUT2D eigenvalue weighted by molar-refractivity contribution is 7.14. The Kier molecular flexibility index (Phi) is 4.14. The van der Waals surface area contributed by atoms with Crippen LogP contribution in [0.2, 0.25) is 0 Å². The normalized spacial score (nSPS) is 18.6. The Morgan fingerprint density at radius 1 is 1.50 bits per heavy atom. The number of carbonyl (C=O) groups is 1. The number of hydrogen-bond acceptors (Lipinski definition) is 5. The quantitative estimate of drug-likeness (QED) is 0.942. The molecule has 1 aliphatic rings. The van der Waals surface area contributed by atoms with Crippen LogP contribution in [-0.4, -0.2) is 40.6 Å². The van der Waals surface area contributed by atoms with Crippen LogP contribution in [0.3, 0.4) is 0 Å². The van der Waals surface area contributed by atoms with Crippen molar-refractivity contribution in [3.05, 3.63) is 27.9 Å². The average Bonchev–Trinajstić information content (AvgIpc) is 3.19. The number of aliphatic hydroxyl groups is 1. The summed E-state index contributed by atoms with van der Waals surface area (Å²) in [5.41, 5.74) is 1.97. The van der Waals surface area contributed by atoms with Crippen LogP contribution in [-0.2, 0) is 11.2 Å². The maximum atomic E-state index is 12.2. The van der Waals surface area contributed by atoms with Gasteiger partial charge in [0, 0.05) is 41.9 Å². The molecule has 0 spiro atoms. The van der Waals surface area contributed by atoms with Crippen molar-refractivity contribution in [2.24, 2.45) is 5.92 Å². The van der Waals surface area contributed by atoms with Crippen LogP contribution in [0.25, 0.3) is 10.6 Å². The molecule has 3 rings (SSSR count). The minimum atomic E-state index is 0.114. The number of carbonyl (C=O) groups excluding carboxylic acids is 1. The van der Waals surface area contributed by atoms with Crippen molar-refractivity contribution in [1.82, 2.24) is 9.88 Å². The van der Waals surface area contributed by atoms with E-state index in [-0.39, 0.29) is 18.4 Å². The van der Waals surface area contributed by atoms with Crippen LogP contribution >= 0.6 is 22.7 Å². The van der Waals surface area contributed by atoms with Crippen molar-refractivity contribution in [3.63, 3.8) is 0 Å². The van der Waals surface area contributed by atoms with Crippen molar-refractivity contribution in [3.8, 4) is 10.6 Å². The molecule has 0 saturated carbocycles. The van der Waals surface area contributed by atoms with Gasteiger partial charge in [0.15, 0.2) is 0 Å². The molecule has 1 aliphatic heterocycles. The smallest absolute Gasteiger partial charge is 0.228 e. The third kappa shape index (κ3) is 2.92. The summed E-state index contributed by atoms with van der Waals surface area (Å²) in [6.07, 6.45) is 1.26. The van der Waals surface area contributed by atoms with Gasteiger partial charge in [0.05, 0.1) is 12.1 Å². The molecule has 106 valence electrons. The van der Waals surface area contributed by atoms with Gasteiger partial charge in [-0.3, -0.25) is 4.79 Å². The van der Waals surface area contributed by atoms with E-state index in [1.165, 1.54) is 0 Å². The van der Waals surface area contributed by atoms with E-state index >= 15 is 0 Å². The van der Waals surface area contributed by atoms with E-state index < -0.39 is 0 Å². The van der Waals surface area contributed by atoms with Gasteiger partial charge in [-0.1, -0.05) is 0 Å². The lowest BCUT2D eigenvalue weighted by atomic mass is 10.1. The lowest BCUT2D eigenvalue weighted by Gasteiger charge is -2.15. The van der Waals surface area contributed by atoms with E-state index in [0.29, 0.717) is 13.0 Å². The molecule has 4 nitrogen and oxygen atoms in total. The number of aliphatic hydroxyl groups excluding tert-OH is 1. The number of thiophene rings is 1. The van der Waals surface area contributed by atoms with E-state index in [0.717, 1.165) is 29.2 Å². The Bertz CT molecular complexity index is 580. The van der Waals surface area contributed by atoms with Gasteiger partial charge >= 0.3 is 0 Å². The number of thiazole rings is 1. The summed E-state index contributed by atoms with van der Waals surface area (Å²) in [7, 11) is 0. The second-order valence-corrected chi connectivity index (χ2v) is 6.65. The molecule has 1 unspecified atom stereocenters. The first-order chi connectivity index (χ1) is 9.76. The summed E-state index contributed by atoms with van der Waals surface area (Å²) in [4.78, 5) is 18.6. The summed E-state index contributed by atoms with van der Waals surface area (Å²) < 4.78 is 0. The minimum absolute atomic E-state index is 0.114. The predicted octanol–water partition coefficient (Wildman–Crippen LogP) is 2.25. The summed E-state index contributed by atoms with van der Waals surface area (Å²) >= 11 is 3.23. The van der Waals surface area contributed by atoms with Crippen LogP contribution in [0.4, 0.5) is 0 Å². The zero-order chi connectivity index (χ0) is 13.9. The van der Waals surface area contributed by atoms with Crippen molar-refractivity contribution in [2.75, 3.05) is 19.7 Å². The number of rotatable bonds is 4. The Morgan fingerprint density at radius 2 is 2.40 bits per heavy atom. The molecule has 1 amide bonds. The Labute approximate surface area is 125 Å². The van der Waals surface area contributed by atoms with Crippen LogP contribution in [0.15, 0.2) is 22.2 Å². The summed E-state index contributed by atoms with van der Waals surface area (Å²) in [5.74, 6) is 0.360. The topological polar surface area (TPSA) is 53.4 Å². The first-order valence-electron chi connectivity index (χ1n) is 6.62. The molecular formula is C14H16N2O2S2. The molecule has 0 aliphatic carbocycles. The average molecular weight is 308 g/mol. The lowest BCUT2D eigenvalue weighted by Crippen LogP contribution is -2.30. The molecule has 1 atom stereocenters. The van der Waals surface area contributed by atoms with E-state index in [1.54, 1.807) is 22.7 Å². The van der Waals surface area contributed by atoms with E-state index in [2.05, 4.69) is 10.4 Å². The number of amides is 1. The van der Waals surface area contributed by atoms with Crippen LogP contribution in [0.5, 0.6) is 0 Å². The van der Waals surface area contributed by atoms with Crippen LogP contribution in [0, 0.1) is 5.92 Å². The summed E-state index contributed by atoms with van der Waals surface area (Å²) in [6.45, 7) is 1.60. The second kappa shape index (κ2) is 6.03. The van der Waals surface area contributed by atoms with Crippen molar-refractivity contribution in [1.29, 1.82) is 0 Å². The van der Waals surface area contributed by atoms with Gasteiger partial charge in [-0.25, -0.2) is 4.98 Å². The fourth-order valence-electron chi connectivity index (χ4n) is 2.38. The third-order valence-electron chi connectivity index (χ3n) is 3.55. The largest absolute Gasteiger partial charge is 0.396 e. The second-order valence-electron chi connectivity index (χ2n) is 5.01. The van der Waals surface area contributed by atoms with E-state index in [1.807, 2.05) is 21.7 Å². The standard InChI is InChI=1S/C14H16N2O2S2/c17-7-10-1-3-16(6-10)13(18)5-12-9-20-14(15-12)11-2-4-19-8-11/h2,4,8-10,17H,1,3,5-7H2. The number of nitrogens with zero attached hydrogens (tertiary/aromatic N) is 2. The molecule has 1 N–H and O–H groups in total. The number of aromatic nitrogens is 1. The molecule has 20 heavy (non-hydrogen) atoms.